The van der Waals surface area contributed by atoms with Gasteiger partial charge in [0, 0.05) is 33.0 Å². The van der Waals surface area contributed by atoms with E-state index in [9.17, 15) is 0 Å². The molecule has 0 atom stereocenters. The van der Waals surface area contributed by atoms with Crippen molar-refractivity contribution in [1.29, 1.82) is 0 Å². The van der Waals surface area contributed by atoms with E-state index >= 15 is 0 Å². The second-order valence-electron chi connectivity index (χ2n) is 15.7. The topological polar surface area (TPSA) is 3.24 Å². The molecule has 8 aromatic rings. The molecule has 10 rings (SSSR count). The maximum atomic E-state index is 2.56. The molecule has 2 aliphatic rings. The molecule has 0 unspecified atom stereocenters. The standard InChI is InChI=1S/C52H41N/c1-51(2)45-26-13-10-21-39(45)41-32-30-36(33-47(41)51)53(50-37-20-9-8-19-35(37)29-31-38(50)34-17-6-5-7-18-34)48-28-15-12-23-42(48)44-25-16-24-43-40-22-11-14-27-46(40)52(3,4)49(43)44/h5-33H,1-4H3. The number of anilines is 3. The summed E-state index contributed by atoms with van der Waals surface area (Å²) in [5.41, 5.74) is 19.0. The summed E-state index contributed by atoms with van der Waals surface area (Å²) in [6, 6.07) is 65.3. The molecule has 8 aromatic carbocycles. The number of para-hydroxylation sites is 1. The van der Waals surface area contributed by atoms with E-state index in [2.05, 4.69) is 209 Å². The molecular formula is C52H41N. The van der Waals surface area contributed by atoms with Crippen molar-refractivity contribution in [2.24, 2.45) is 0 Å². The van der Waals surface area contributed by atoms with E-state index in [1.54, 1.807) is 0 Å². The van der Waals surface area contributed by atoms with Gasteiger partial charge in [0.1, 0.15) is 0 Å². The maximum Gasteiger partial charge on any atom is 0.0618 e. The summed E-state index contributed by atoms with van der Waals surface area (Å²) >= 11 is 0. The SMILES string of the molecule is CC1(C)c2ccccc2-c2ccc(N(c3ccccc3-c3cccc4c3C(C)(C)c3ccccc3-4)c3c(-c4ccccc4)ccc4ccccc34)cc21. The van der Waals surface area contributed by atoms with Gasteiger partial charge in [0.2, 0.25) is 0 Å². The third-order valence-electron chi connectivity index (χ3n) is 12.0. The van der Waals surface area contributed by atoms with Gasteiger partial charge in [-0.2, -0.15) is 0 Å². The van der Waals surface area contributed by atoms with Gasteiger partial charge in [-0.15, -0.1) is 0 Å². The number of hydrogen-bond acceptors (Lipinski definition) is 1. The summed E-state index contributed by atoms with van der Waals surface area (Å²) in [6.45, 7) is 9.53. The van der Waals surface area contributed by atoms with Crippen LogP contribution in [0.4, 0.5) is 17.1 Å². The quantitative estimate of drug-likeness (QED) is 0.175. The molecule has 0 spiro atoms. The van der Waals surface area contributed by atoms with E-state index in [0.29, 0.717) is 0 Å². The predicted molar refractivity (Wildman–Crippen MR) is 225 cm³/mol. The van der Waals surface area contributed by atoms with Crippen LogP contribution in [0.5, 0.6) is 0 Å². The molecular weight excluding hydrogens is 639 g/mol. The van der Waals surface area contributed by atoms with Crippen molar-refractivity contribution in [2.75, 3.05) is 4.90 Å². The summed E-state index contributed by atoms with van der Waals surface area (Å²) in [6.07, 6.45) is 0. The molecule has 0 aromatic heterocycles. The van der Waals surface area contributed by atoms with E-state index in [-0.39, 0.29) is 10.8 Å². The van der Waals surface area contributed by atoms with E-state index in [1.807, 2.05) is 0 Å². The molecule has 1 heteroatoms. The third kappa shape index (κ3) is 4.63. The van der Waals surface area contributed by atoms with Gasteiger partial charge in [0.25, 0.3) is 0 Å². The van der Waals surface area contributed by atoms with Gasteiger partial charge in [0.15, 0.2) is 0 Å². The highest BCUT2D eigenvalue weighted by Gasteiger charge is 2.39. The zero-order valence-corrected chi connectivity index (χ0v) is 30.7. The van der Waals surface area contributed by atoms with E-state index in [0.717, 1.165) is 11.4 Å². The van der Waals surface area contributed by atoms with Crippen LogP contribution >= 0.6 is 0 Å². The Morgan fingerprint density at radius 3 is 1.70 bits per heavy atom. The van der Waals surface area contributed by atoms with Crippen molar-refractivity contribution >= 4 is 27.8 Å². The van der Waals surface area contributed by atoms with Gasteiger partial charge in [-0.3, -0.25) is 0 Å². The fraction of sp³-hybridized carbons (Fsp3) is 0.115. The molecule has 0 amide bonds. The highest BCUT2D eigenvalue weighted by Crippen LogP contribution is 2.56. The molecule has 2 aliphatic carbocycles. The molecule has 0 fully saturated rings. The van der Waals surface area contributed by atoms with Gasteiger partial charge in [-0.1, -0.05) is 185 Å². The van der Waals surface area contributed by atoms with Crippen LogP contribution in [0.25, 0.3) is 55.3 Å². The summed E-state index contributed by atoms with van der Waals surface area (Å²) in [7, 11) is 0. The van der Waals surface area contributed by atoms with Crippen LogP contribution in [0, 0.1) is 0 Å². The smallest absolute Gasteiger partial charge is 0.0618 e. The van der Waals surface area contributed by atoms with Crippen molar-refractivity contribution in [3.63, 3.8) is 0 Å². The number of rotatable bonds is 5. The van der Waals surface area contributed by atoms with Crippen LogP contribution in [0.3, 0.4) is 0 Å². The van der Waals surface area contributed by atoms with Gasteiger partial charge >= 0.3 is 0 Å². The fourth-order valence-corrected chi connectivity index (χ4v) is 9.54. The number of hydrogen-bond donors (Lipinski definition) is 0. The zero-order valence-electron chi connectivity index (χ0n) is 30.7. The number of benzene rings is 8. The summed E-state index contributed by atoms with van der Waals surface area (Å²) in [5, 5.41) is 2.44. The van der Waals surface area contributed by atoms with Gasteiger partial charge in [-0.25, -0.2) is 0 Å². The first-order valence-corrected chi connectivity index (χ1v) is 18.8. The Morgan fingerprint density at radius 2 is 0.925 bits per heavy atom. The Hall–Kier alpha value is -6.18. The van der Waals surface area contributed by atoms with Crippen LogP contribution in [-0.4, -0.2) is 0 Å². The van der Waals surface area contributed by atoms with E-state index < -0.39 is 0 Å². The minimum Gasteiger partial charge on any atom is -0.309 e. The van der Waals surface area contributed by atoms with Crippen molar-refractivity contribution in [2.45, 2.75) is 38.5 Å². The molecule has 1 nitrogen and oxygen atoms in total. The Labute approximate surface area is 312 Å². The normalized spacial score (nSPS) is 14.3. The van der Waals surface area contributed by atoms with Crippen molar-refractivity contribution in [3.05, 3.63) is 198 Å². The van der Waals surface area contributed by atoms with Crippen LogP contribution in [0.15, 0.2) is 176 Å². The minimum atomic E-state index is -0.154. The Bertz CT molecular complexity index is 2730. The second-order valence-corrected chi connectivity index (χ2v) is 15.7. The highest BCUT2D eigenvalue weighted by atomic mass is 15.1. The van der Waals surface area contributed by atoms with Crippen molar-refractivity contribution in [1.82, 2.24) is 0 Å². The molecule has 0 radical (unpaired) electrons. The van der Waals surface area contributed by atoms with Gasteiger partial charge in [0.05, 0.1) is 11.4 Å². The average Bonchev–Trinajstić information content (AvgIpc) is 3.58. The molecule has 254 valence electrons. The number of nitrogens with zero attached hydrogens (tertiary/aromatic N) is 1. The summed E-state index contributed by atoms with van der Waals surface area (Å²) < 4.78 is 0. The average molecular weight is 680 g/mol. The largest absolute Gasteiger partial charge is 0.309 e. The monoisotopic (exact) mass is 679 g/mol. The van der Waals surface area contributed by atoms with Gasteiger partial charge in [-0.05, 0) is 79.2 Å². The highest BCUT2D eigenvalue weighted by molar-refractivity contribution is 6.08. The zero-order chi connectivity index (χ0) is 35.9. The first-order chi connectivity index (χ1) is 25.8. The first kappa shape index (κ1) is 31.5. The first-order valence-electron chi connectivity index (χ1n) is 18.8. The fourth-order valence-electron chi connectivity index (χ4n) is 9.54. The van der Waals surface area contributed by atoms with E-state index in [1.165, 1.54) is 83.2 Å². The third-order valence-corrected chi connectivity index (χ3v) is 12.0. The molecule has 0 saturated heterocycles. The molecule has 0 saturated carbocycles. The minimum absolute atomic E-state index is 0.135. The Kier molecular flexibility index (Phi) is 6.94. The Morgan fingerprint density at radius 1 is 0.377 bits per heavy atom. The maximum absolute atomic E-state index is 2.56. The van der Waals surface area contributed by atoms with Crippen LogP contribution in [0.1, 0.15) is 49.9 Å². The van der Waals surface area contributed by atoms with Crippen LogP contribution < -0.4 is 4.90 Å². The van der Waals surface area contributed by atoms with E-state index in [4.69, 9.17) is 0 Å². The lowest BCUT2D eigenvalue weighted by Gasteiger charge is -2.33. The lowest BCUT2D eigenvalue weighted by atomic mass is 9.78. The van der Waals surface area contributed by atoms with Crippen molar-refractivity contribution in [3.8, 4) is 44.5 Å². The van der Waals surface area contributed by atoms with Crippen LogP contribution in [0.2, 0.25) is 0 Å². The lowest BCUT2D eigenvalue weighted by Crippen LogP contribution is -2.18. The number of fused-ring (bicyclic) bond motifs is 7. The molecule has 0 aliphatic heterocycles. The Balaban J connectivity index is 1.29. The van der Waals surface area contributed by atoms with Crippen LogP contribution in [-0.2, 0) is 10.8 Å². The molecule has 0 N–H and O–H groups in total. The summed E-state index contributed by atoms with van der Waals surface area (Å²) in [5.74, 6) is 0. The second kappa shape index (κ2) is 11.7. The molecule has 53 heavy (non-hydrogen) atoms. The molecule has 0 heterocycles. The lowest BCUT2D eigenvalue weighted by molar-refractivity contribution is 0.660. The summed E-state index contributed by atoms with van der Waals surface area (Å²) in [4.78, 5) is 2.56. The van der Waals surface area contributed by atoms with Crippen molar-refractivity contribution < 1.29 is 0 Å². The van der Waals surface area contributed by atoms with Gasteiger partial charge < -0.3 is 4.90 Å². The predicted octanol–water partition coefficient (Wildman–Crippen LogP) is 14.3. The molecule has 0 bridgehead atoms.